The van der Waals surface area contributed by atoms with Crippen molar-refractivity contribution in [3.8, 4) is 0 Å². The molecule has 16 heavy (non-hydrogen) atoms. The van der Waals surface area contributed by atoms with E-state index in [0.29, 0.717) is 40.0 Å². The van der Waals surface area contributed by atoms with E-state index in [2.05, 4.69) is 42.9 Å². The molecule has 0 saturated carbocycles. The third-order valence-electron chi connectivity index (χ3n) is 1.59. The molecule has 1 N–H and O–H groups in total. The van der Waals surface area contributed by atoms with Gasteiger partial charge in [-0.3, -0.25) is 0 Å². The van der Waals surface area contributed by atoms with Crippen molar-refractivity contribution >= 4 is 36.4 Å². The van der Waals surface area contributed by atoms with Gasteiger partial charge >= 0.3 is 113 Å². The fraction of sp³-hybridized carbons (Fsp3) is 0.909. The fourth-order valence-electron chi connectivity index (χ4n) is 0.940. The molecule has 0 saturated heterocycles. The number of hydrogen-bond acceptors (Lipinski definition) is 1. The van der Waals surface area contributed by atoms with Gasteiger partial charge in [-0.2, -0.15) is 0 Å². The molecule has 0 rings (SSSR count). The Morgan fingerprint density at radius 2 is 1.69 bits per heavy atom. The summed E-state index contributed by atoms with van der Waals surface area (Å²) >= 11 is 0.584. The van der Waals surface area contributed by atoms with Crippen molar-refractivity contribution in [2.45, 2.75) is 57.1 Å². The van der Waals surface area contributed by atoms with Gasteiger partial charge in [-0.1, -0.05) is 0 Å². The van der Waals surface area contributed by atoms with Crippen molar-refractivity contribution < 1.29 is 4.79 Å². The van der Waals surface area contributed by atoms with E-state index in [-0.39, 0.29) is 6.03 Å². The molecule has 0 atom stereocenters. The predicted molar refractivity (Wildman–Crippen MR) is 71.8 cm³/mol. The third-order valence-corrected chi connectivity index (χ3v) is 6.73. The molecule has 0 fully saturated rings. The molecule has 3 nitrogen and oxygen atoms in total. The average Bonchev–Trinajstić information content (AvgIpc) is 2.15. The van der Waals surface area contributed by atoms with Crippen LogP contribution in [-0.4, -0.2) is 45.9 Å². The van der Waals surface area contributed by atoms with Crippen LogP contribution in [0.5, 0.6) is 0 Å². The molecule has 0 aliphatic rings. The first-order valence-corrected chi connectivity index (χ1v) is 9.39. The van der Waals surface area contributed by atoms with Crippen LogP contribution in [0.4, 0.5) is 4.79 Å². The Hall–Kier alpha value is 0.309. The average molecular weight is 358 g/mol. The molecular weight excluding hydrogens is 334 g/mol. The molecule has 0 heterocycles. The summed E-state index contributed by atoms with van der Waals surface area (Å²) in [5.41, 5.74) is 0. The fourth-order valence-corrected chi connectivity index (χ4v) is 7.62. The van der Waals surface area contributed by atoms with Crippen LogP contribution < -0.4 is 5.32 Å². The monoisotopic (exact) mass is 360 g/mol. The van der Waals surface area contributed by atoms with Crippen molar-refractivity contribution in [2.24, 2.45) is 0 Å². The Balaban J connectivity index is 4.10. The summed E-state index contributed by atoms with van der Waals surface area (Å²) in [5, 5.41) is 3.01. The van der Waals surface area contributed by atoms with Gasteiger partial charge in [0.05, 0.1) is 0 Å². The van der Waals surface area contributed by atoms with E-state index >= 15 is 0 Å². The van der Waals surface area contributed by atoms with Crippen molar-refractivity contribution in [2.75, 3.05) is 6.54 Å². The molecule has 0 aliphatic heterocycles. The van der Waals surface area contributed by atoms with Crippen LogP contribution in [0.15, 0.2) is 0 Å². The summed E-state index contributed by atoms with van der Waals surface area (Å²) in [6.07, 6.45) is 2.20. The Morgan fingerprint density at radius 3 is 2.06 bits per heavy atom. The summed E-state index contributed by atoms with van der Waals surface area (Å²) in [6.45, 7) is 11.7. The minimum absolute atomic E-state index is 0.149. The third kappa shape index (κ3) is 8.46. The first-order valence-electron chi connectivity index (χ1n) is 5.88. The number of amides is 2. The van der Waals surface area contributed by atoms with Gasteiger partial charge in [0.15, 0.2) is 0 Å². The molecule has 0 bridgehead atoms. The Morgan fingerprint density at radius 1 is 1.19 bits per heavy atom. The first kappa shape index (κ1) is 16.3. The topological polar surface area (TPSA) is 32.3 Å². The number of hydrogen-bond donors (Lipinski definition) is 1. The quantitative estimate of drug-likeness (QED) is 0.551. The second-order valence-corrected chi connectivity index (χ2v) is 11.7. The van der Waals surface area contributed by atoms with E-state index in [1.54, 1.807) is 0 Å². The minimum atomic E-state index is 0.149. The maximum atomic E-state index is 11.9. The molecule has 0 unspecified atom stereocenters. The van der Waals surface area contributed by atoms with Gasteiger partial charge in [0.1, 0.15) is 0 Å². The van der Waals surface area contributed by atoms with Crippen molar-refractivity contribution in [3.05, 3.63) is 0 Å². The van der Waals surface area contributed by atoms with Gasteiger partial charge in [0.2, 0.25) is 0 Å². The van der Waals surface area contributed by atoms with Crippen molar-refractivity contribution in [1.82, 2.24) is 8.25 Å². The van der Waals surface area contributed by atoms with Gasteiger partial charge in [-0.05, 0) is 0 Å². The van der Waals surface area contributed by atoms with Gasteiger partial charge in [-0.15, -0.1) is 0 Å². The van der Waals surface area contributed by atoms with Crippen LogP contribution in [0, 0.1) is 0 Å². The SMILES string of the molecule is CCCCNC(=O)N([Se]C(C)C)[Se]C(C)C. The number of rotatable bonds is 7. The zero-order chi connectivity index (χ0) is 12.6. The van der Waals surface area contributed by atoms with E-state index in [9.17, 15) is 4.79 Å². The maximum absolute atomic E-state index is 11.9. The van der Waals surface area contributed by atoms with Crippen LogP contribution in [0.2, 0.25) is 9.63 Å². The van der Waals surface area contributed by atoms with E-state index in [4.69, 9.17) is 0 Å². The zero-order valence-electron chi connectivity index (χ0n) is 10.9. The molecule has 0 spiro atoms. The number of urea groups is 1. The molecule has 0 aromatic carbocycles. The van der Waals surface area contributed by atoms with Crippen LogP contribution in [0.3, 0.4) is 0 Å². The number of carbonyl (C=O) groups is 1. The van der Waals surface area contributed by atoms with Crippen LogP contribution in [0.25, 0.3) is 0 Å². The summed E-state index contributed by atoms with van der Waals surface area (Å²) in [7, 11) is 0. The second-order valence-electron chi connectivity index (χ2n) is 4.15. The van der Waals surface area contributed by atoms with E-state index < -0.39 is 0 Å². The van der Waals surface area contributed by atoms with Crippen molar-refractivity contribution in [1.29, 1.82) is 0 Å². The number of unbranched alkanes of at least 4 members (excludes halogenated alkanes) is 1. The van der Waals surface area contributed by atoms with E-state index in [1.807, 2.05) is 0 Å². The molecule has 0 aromatic rings. The summed E-state index contributed by atoms with van der Waals surface area (Å²) in [4.78, 5) is 13.1. The Kier molecular flexibility index (Phi) is 9.53. The van der Waals surface area contributed by atoms with Crippen molar-refractivity contribution in [3.63, 3.8) is 0 Å². The predicted octanol–water partition coefficient (Wildman–Crippen LogP) is 2.69. The first-order chi connectivity index (χ1) is 7.47. The summed E-state index contributed by atoms with van der Waals surface area (Å²) in [5.74, 6) is 0. The molecular formula is C11H24N2OSe2. The van der Waals surface area contributed by atoms with Crippen LogP contribution in [-0.2, 0) is 0 Å². The number of carbonyl (C=O) groups excluding carboxylic acids is 1. The van der Waals surface area contributed by atoms with Gasteiger partial charge < -0.3 is 0 Å². The molecule has 5 heteroatoms. The van der Waals surface area contributed by atoms with E-state index in [1.165, 1.54) is 0 Å². The zero-order valence-corrected chi connectivity index (χ0v) is 14.4. The molecule has 2 amide bonds. The molecule has 0 aliphatic carbocycles. The Bertz CT molecular complexity index is 188. The molecule has 0 radical (unpaired) electrons. The normalized spacial score (nSPS) is 10.9. The summed E-state index contributed by atoms with van der Waals surface area (Å²) in [6, 6.07) is 0.149. The molecule has 0 aromatic heterocycles. The van der Waals surface area contributed by atoms with Crippen LogP contribution >= 0.6 is 0 Å². The standard InChI is InChI=1S/C11H24N2OSe2/c1-6-7-8-12-11(14)13(15-9(2)3)16-10(4)5/h9-10H,6-8H2,1-5H3,(H,12,14). The van der Waals surface area contributed by atoms with Gasteiger partial charge in [0, 0.05) is 0 Å². The van der Waals surface area contributed by atoms with E-state index in [0.717, 1.165) is 19.4 Å². The summed E-state index contributed by atoms with van der Waals surface area (Å²) < 4.78 is 2.06. The van der Waals surface area contributed by atoms with Crippen LogP contribution in [0.1, 0.15) is 47.5 Å². The Labute approximate surface area is 113 Å². The van der Waals surface area contributed by atoms with Gasteiger partial charge in [-0.25, -0.2) is 0 Å². The second kappa shape index (κ2) is 9.35. The number of nitrogens with zero attached hydrogens (tertiary/aromatic N) is 1. The van der Waals surface area contributed by atoms with Gasteiger partial charge in [0.25, 0.3) is 0 Å². The molecule has 96 valence electrons. The number of nitrogens with one attached hydrogen (secondary N) is 1.